The van der Waals surface area contributed by atoms with Gasteiger partial charge in [-0.1, -0.05) is 0 Å². The van der Waals surface area contributed by atoms with Crippen LogP contribution in [-0.4, -0.2) is 43.7 Å². The van der Waals surface area contributed by atoms with E-state index in [4.69, 9.17) is 5.11 Å². The molecular weight excluding hydrogens is 190 g/mol. The van der Waals surface area contributed by atoms with Crippen LogP contribution in [0.3, 0.4) is 0 Å². The first-order chi connectivity index (χ1) is 6.03. The second kappa shape index (κ2) is 4.39. The van der Waals surface area contributed by atoms with Gasteiger partial charge in [0.2, 0.25) is 0 Å². The number of hydrogen-bond acceptors (Lipinski definition) is 4. The Morgan fingerprint density at radius 3 is 2.85 bits per heavy atom. The molecule has 5 heteroatoms. The first-order valence-corrected chi connectivity index (χ1v) is 6.43. The van der Waals surface area contributed by atoms with E-state index in [1.165, 1.54) is 0 Å². The number of rotatable bonds is 3. The number of sulfone groups is 1. The molecule has 2 atom stereocenters. The third-order valence-corrected chi connectivity index (χ3v) is 4.08. The summed E-state index contributed by atoms with van der Waals surface area (Å²) < 4.78 is 22.5. The molecule has 78 valence electrons. The smallest absolute Gasteiger partial charge is 0.151 e. The molecule has 0 bridgehead atoms. The number of aliphatic hydroxyl groups excluding tert-OH is 1. The molecule has 1 rings (SSSR count). The molecule has 1 heterocycles. The highest BCUT2D eigenvalue weighted by atomic mass is 32.2. The second-order valence-corrected chi connectivity index (χ2v) is 5.93. The molecule has 0 spiro atoms. The van der Waals surface area contributed by atoms with Gasteiger partial charge in [-0.2, -0.15) is 0 Å². The topological polar surface area (TPSA) is 66.4 Å². The van der Waals surface area contributed by atoms with Crippen LogP contribution < -0.4 is 5.32 Å². The minimum absolute atomic E-state index is 0.0155. The average molecular weight is 207 g/mol. The highest BCUT2D eigenvalue weighted by Crippen LogP contribution is 2.12. The van der Waals surface area contributed by atoms with Gasteiger partial charge in [0.25, 0.3) is 0 Å². The van der Waals surface area contributed by atoms with Gasteiger partial charge in [-0.25, -0.2) is 8.42 Å². The van der Waals surface area contributed by atoms with Gasteiger partial charge in [0, 0.05) is 12.1 Å². The standard InChI is InChI=1S/C8H17NO3S/c1-7(5-10)9-8-3-2-4-13(11,12)6-8/h7-10H,2-6H2,1H3/t7-,8?/m1/s1. The van der Waals surface area contributed by atoms with Crippen molar-refractivity contribution in [2.24, 2.45) is 0 Å². The molecule has 0 saturated carbocycles. The van der Waals surface area contributed by atoms with E-state index in [2.05, 4.69) is 5.32 Å². The quantitative estimate of drug-likeness (QED) is 0.657. The fraction of sp³-hybridized carbons (Fsp3) is 1.00. The fourth-order valence-electron chi connectivity index (χ4n) is 1.61. The molecule has 1 fully saturated rings. The van der Waals surface area contributed by atoms with E-state index in [0.29, 0.717) is 5.75 Å². The Kier molecular flexibility index (Phi) is 3.70. The van der Waals surface area contributed by atoms with E-state index in [0.717, 1.165) is 12.8 Å². The molecule has 0 radical (unpaired) electrons. The van der Waals surface area contributed by atoms with E-state index >= 15 is 0 Å². The Balaban J connectivity index is 2.43. The zero-order valence-corrected chi connectivity index (χ0v) is 8.68. The van der Waals surface area contributed by atoms with Crippen molar-refractivity contribution >= 4 is 9.84 Å². The van der Waals surface area contributed by atoms with Crippen LogP contribution in [0.2, 0.25) is 0 Å². The first kappa shape index (κ1) is 10.9. The molecule has 0 amide bonds. The minimum Gasteiger partial charge on any atom is -0.395 e. The van der Waals surface area contributed by atoms with Gasteiger partial charge in [0.1, 0.15) is 0 Å². The van der Waals surface area contributed by atoms with Crippen LogP contribution in [0.1, 0.15) is 19.8 Å². The molecule has 13 heavy (non-hydrogen) atoms. The molecule has 0 aromatic heterocycles. The number of nitrogens with one attached hydrogen (secondary N) is 1. The second-order valence-electron chi connectivity index (χ2n) is 3.70. The minimum atomic E-state index is -2.83. The monoisotopic (exact) mass is 207 g/mol. The lowest BCUT2D eigenvalue weighted by Crippen LogP contribution is -2.45. The van der Waals surface area contributed by atoms with Crippen LogP contribution in [-0.2, 0) is 9.84 Å². The zero-order valence-electron chi connectivity index (χ0n) is 7.86. The van der Waals surface area contributed by atoms with E-state index in [-0.39, 0.29) is 24.4 Å². The third-order valence-electron chi connectivity index (χ3n) is 2.26. The number of aliphatic hydroxyl groups is 1. The summed E-state index contributed by atoms with van der Waals surface area (Å²) in [7, 11) is -2.83. The van der Waals surface area contributed by atoms with Gasteiger partial charge in [0.05, 0.1) is 18.1 Å². The Morgan fingerprint density at radius 1 is 1.62 bits per heavy atom. The van der Waals surface area contributed by atoms with Gasteiger partial charge in [-0.3, -0.25) is 0 Å². The molecule has 0 aromatic rings. The van der Waals surface area contributed by atoms with Crippen molar-refractivity contribution in [2.75, 3.05) is 18.1 Å². The van der Waals surface area contributed by atoms with E-state index < -0.39 is 9.84 Å². The van der Waals surface area contributed by atoms with Gasteiger partial charge in [-0.15, -0.1) is 0 Å². The summed E-state index contributed by atoms with van der Waals surface area (Å²) in [4.78, 5) is 0. The molecule has 1 saturated heterocycles. The predicted molar refractivity (Wildman–Crippen MR) is 51.4 cm³/mol. The predicted octanol–water partition coefficient (Wildman–Crippen LogP) is -0.466. The zero-order chi connectivity index (χ0) is 9.90. The summed E-state index contributed by atoms with van der Waals surface area (Å²) in [5.41, 5.74) is 0. The highest BCUT2D eigenvalue weighted by Gasteiger charge is 2.25. The summed E-state index contributed by atoms with van der Waals surface area (Å²) in [6.45, 7) is 1.90. The lowest BCUT2D eigenvalue weighted by atomic mass is 10.1. The van der Waals surface area contributed by atoms with Gasteiger partial charge in [-0.05, 0) is 19.8 Å². The van der Waals surface area contributed by atoms with Crippen molar-refractivity contribution < 1.29 is 13.5 Å². The highest BCUT2D eigenvalue weighted by molar-refractivity contribution is 7.91. The maximum Gasteiger partial charge on any atom is 0.151 e. The molecule has 1 aliphatic heterocycles. The van der Waals surface area contributed by atoms with Crippen molar-refractivity contribution in [1.82, 2.24) is 5.32 Å². The average Bonchev–Trinajstić information content (AvgIpc) is 2.02. The molecule has 1 unspecified atom stereocenters. The third kappa shape index (κ3) is 3.62. The first-order valence-electron chi connectivity index (χ1n) is 4.61. The summed E-state index contributed by atoms with van der Waals surface area (Å²) in [5, 5.41) is 11.9. The van der Waals surface area contributed by atoms with Crippen LogP contribution in [0.25, 0.3) is 0 Å². The molecule has 0 aliphatic carbocycles. The molecule has 1 aliphatic rings. The van der Waals surface area contributed by atoms with Crippen LogP contribution in [0.15, 0.2) is 0 Å². The van der Waals surface area contributed by atoms with Crippen LogP contribution in [0.4, 0.5) is 0 Å². The van der Waals surface area contributed by atoms with E-state index in [1.54, 1.807) is 0 Å². The Bertz CT molecular complexity index is 250. The van der Waals surface area contributed by atoms with Crippen molar-refractivity contribution in [1.29, 1.82) is 0 Å². The Labute approximate surface area is 79.3 Å². The van der Waals surface area contributed by atoms with Crippen molar-refractivity contribution in [3.63, 3.8) is 0 Å². The molecule has 0 aromatic carbocycles. The summed E-state index contributed by atoms with van der Waals surface area (Å²) in [5.74, 6) is 0.538. The van der Waals surface area contributed by atoms with Crippen LogP contribution >= 0.6 is 0 Å². The van der Waals surface area contributed by atoms with Crippen molar-refractivity contribution in [3.05, 3.63) is 0 Å². The summed E-state index contributed by atoms with van der Waals surface area (Å²) >= 11 is 0. The maximum atomic E-state index is 11.2. The maximum absolute atomic E-state index is 11.2. The molecule has 4 nitrogen and oxygen atoms in total. The van der Waals surface area contributed by atoms with Crippen molar-refractivity contribution in [3.8, 4) is 0 Å². The van der Waals surface area contributed by atoms with Crippen LogP contribution in [0.5, 0.6) is 0 Å². The normalized spacial score (nSPS) is 29.8. The number of hydrogen-bond donors (Lipinski definition) is 2. The SMILES string of the molecule is C[C@H](CO)NC1CCCS(=O)(=O)C1. The van der Waals surface area contributed by atoms with E-state index in [9.17, 15) is 8.42 Å². The van der Waals surface area contributed by atoms with Crippen LogP contribution in [0, 0.1) is 0 Å². The lowest BCUT2D eigenvalue weighted by Gasteiger charge is -2.25. The summed E-state index contributed by atoms with van der Waals surface area (Å²) in [6.07, 6.45) is 1.63. The fourth-order valence-corrected chi connectivity index (χ4v) is 3.26. The Morgan fingerprint density at radius 2 is 2.31 bits per heavy atom. The van der Waals surface area contributed by atoms with Gasteiger partial charge >= 0.3 is 0 Å². The Hall–Kier alpha value is -0.130. The molecular formula is C8H17NO3S. The van der Waals surface area contributed by atoms with Crippen molar-refractivity contribution in [2.45, 2.75) is 31.8 Å². The largest absolute Gasteiger partial charge is 0.395 e. The van der Waals surface area contributed by atoms with E-state index in [1.807, 2.05) is 6.92 Å². The molecule has 2 N–H and O–H groups in total. The lowest BCUT2D eigenvalue weighted by molar-refractivity contribution is 0.240. The summed E-state index contributed by atoms with van der Waals surface area (Å²) in [6, 6.07) is 0.0131. The van der Waals surface area contributed by atoms with Gasteiger partial charge < -0.3 is 10.4 Å². The van der Waals surface area contributed by atoms with Gasteiger partial charge in [0.15, 0.2) is 9.84 Å².